The van der Waals surface area contributed by atoms with Crippen LogP contribution in [-0.2, 0) is 9.59 Å². The Morgan fingerprint density at radius 2 is 2.00 bits per heavy atom. The van der Waals surface area contributed by atoms with Gasteiger partial charge in [-0.3, -0.25) is 4.79 Å². The van der Waals surface area contributed by atoms with Crippen LogP contribution in [0.2, 0.25) is 5.02 Å². The van der Waals surface area contributed by atoms with Crippen LogP contribution in [0.4, 0.5) is 0 Å². The number of ether oxygens (including phenoxy) is 1. The van der Waals surface area contributed by atoms with Gasteiger partial charge in [0.2, 0.25) is 0 Å². The summed E-state index contributed by atoms with van der Waals surface area (Å²) in [6.07, 6.45) is 1.29. The maximum Gasteiger partial charge on any atom is 0.352 e. The van der Waals surface area contributed by atoms with Gasteiger partial charge in [0.15, 0.2) is 6.61 Å². The number of hydrogen-bond acceptors (Lipinski definition) is 3. The van der Waals surface area contributed by atoms with Gasteiger partial charge in [0.05, 0.1) is 0 Å². The molecule has 1 aromatic rings. The molecule has 0 unspecified atom stereocenters. The number of hydrogen-bond donors (Lipinski definition) is 2. The third kappa shape index (κ3) is 4.47. The summed E-state index contributed by atoms with van der Waals surface area (Å²) < 4.78 is 5.16. The highest BCUT2D eigenvalue weighted by molar-refractivity contribution is 6.30. The lowest BCUT2D eigenvalue weighted by Gasteiger charge is -2.07. The van der Waals surface area contributed by atoms with Crippen LogP contribution in [-0.4, -0.2) is 23.6 Å². The van der Waals surface area contributed by atoms with E-state index in [1.54, 1.807) is 24.3 Å². The Morgan fingerprint density at radius 3 is 2.50 bits per heavy atom. The van der Waals surface area contributed by atoms with Crippen molar-refractivity contribution < 1.29 is 19.4 Å². The van der Waals surface area contributed by atoms with Crippen molar-refractivity contribution in [2.24, 2.45) is 0 Å². The minimum absolute atomic E-state index is 0.181. The van der Waals surface area contributed by atoms with Gasteiger partial charge >= 0.3 is 5.97 Å². The number of amides is 1. The molecule has 0 saturated heterocycles. The molecule has 0 aliphatic heterocycles. The summed E-state index contributed by atoms with van der Waals surface area (Å²) in [5, 5.41) is 11.5. The van der Waals surface area contributed by atoms with Crippen LogP contribution in [0.3, 0.4) is 0 Å². The lowest BCUT2D eigenvalue weighted by atomic mass is 10.3. The Morgan fingerprint density at radius 1 is 1.39 bits per heavy atom. The van der Waals surface area contributed by atoms with Crippen LogP contribution in [0.25, 0.3) is 0 Å². The third-order valence-corrected chi connectivity index (χ3v) is 2.23. The predicted molar refractivity (Wildman–Crippen MR) is 66.5 cm³/mol. The number of allylic oxidation sites excluding steroid dienone is 1. The summed E-state index contributed by atoms with van der Waals surface area (Å²) in [5.41, 5.74) is -0.181. The van der Waals surface area contributed by atoms with Crippen molar-refractivity contribution in [1.29, 1.82) is 0 Å². The van der Waals surface area contributed by atoms with Gasteiger partial charge in [0.1, 0.15) is 11.4 Å². The molecule has 0 radical (unpaired) electrons. The second-order valence-corrected chi connectivity index (χ2v) is 3.73. The molecule has 0 aromatic heterocycles. The molecule has 1 aromatic carbocycles. The first-order valence-electron chi connectivity index (χ1n) is 5.10. The number of nitrogens with one attached hydrogen (secondary N) is 1. The highest BCUT2D eigenvalue weighted by atomic mass is 35.5. The number of carbonyl (C=O) groups is 2. The number of halogens is 1. The SMILES string of the molecule is C/C=C(/NC(=O)COc1ccc(Cl)cc1)C(=O)O. The number of carboxylic acids is 1. The largest absolute Gasteiger partial charge is 0.484 e. The molecule has 0 saturated carbocycles. The average molecular weight is 270 g/mol. The molecule has 0 fully saturated rings. The molecule has 0 heterocycles. The Hall–Kier alpha value is -2.01. The molecular formula is C12H12ClNO4. The van der Waals surface area contributed by atoms with Crippen LogP contribution in [0.15, 0.2) is 36.0 Å². The highest BCUT2D eigenvalue weighted by Gasteiger charge is 2.10. The van der Waals surface area contributed by atoms with Gasteiger partial charge in [-0.1, -0.05) is 17.7 Å². The Labute approximate surface area is 109 Å². The van der Waals surface area contributed by atoms with Gasteiger partial charge in [-0.05, 0) is 31.2 Å². The summed E-state index contributed by atoms with van der Waals surface area (Å²) in [4.78, 5) is 22.0. The zero-order valence-electron chi connectivity index (χ0n) is 9.64. The quantitative estimate of drug-likeness (QED) is 0.800. The summed E-state index contributed by atoms with van der Waals surface area (Å²) in [6, 6.07) is 6.49. The van der Waals surface area contributed by atoms with Gasteiger partial charge in [0.25, 0.3) is 5.91 Å². The molecule has 0 bridgehead atoms. The van der Waals surface area contributed by atoms with E-state index in [4.69, 9.17) is 21.4 Å². The Kier molecular flexibility index (Phi) is 5.20. The number of carboxylic acid groups (broad SMARTS) is 1. The third-order valence-electron chi connectivity index (χ3n) is 1.98. The zero-order chi connectivity index (χ0) is 13.5. The molecule has 0 aliphatic carbocycles. The van der Waals surface area contributed by atoms with Crippen molar-refractivity contribution in [3.05, 3.63) is 41.1 Å². The minimum atomic E-state index is -1.20. The molecule has 6 heteroatoms. The van der Waals surface area contributed by atoms with Crippen LogP contribution in [0.1, 0.15) is 6.92 Å². The van der Waals surface area contributed by atoms with E-state index in [-0.39, 0.29) is 12.3 Å². The molecule has 0 aliphatic rings. The van der Waals surface area contributed by atoms with E-state index in [0.717, 1.165) is 0 Å². The van der Waals surface area contributed by atoms with Crippen LogP contribution in [0.5, 0.6) is 5.75 Å². The Bertz CT molecular complexity index is 467. The second kappa shape index (κ2) is 6.66. The number of benzene rings is 1. The number of aliphatic carboxylic acids is 1. The van der Waals surface area contributed by atoms with Gasteiger partial charge < -0.3 is 15.2 Å². The fourth-order valence-corrected chi connectivity index (χ4v) is 1.24. The summed E-state index contributed by atoms with van der Waals surface area (Å²) in [5.74, 6) is -1.26. The maximum absolute atomic E-state index is 11.4. The first-order valence-corrected chi connectivity index (χ1v) is 5.48. The molecule has 1 amide bonds. The normalized spacial score (nSPS) is 10.9. The van der Waals surface area contributed by atoms with Crippen molar-refractivity contribution in [2.75, 3.05) is 6.61 Å². The van der Waals surface area contributed by atoms with E-state index in [2.05, 4.69) is 5.32 Å². The van der Waals surface area contributed by atoms with Crippen molar-refractivity contribution >= 4 is 23.5 Å². The first kappa shape index (κ1) is 14.1. The minimum Gasteiger partial charge on any atom is -0.484 e. The molecule has 0 atom stereocenters. The van der Waals surface area contributed by atoms with E-state index >= 15 is 0 Å². The number of carbonyl (C=O) groups excluding carboxylic acids is 1. The lowest BCUT2D eigenvalue weighted by Crippen LogP contribution is -2.31. The van der Waals surface area contributed by atoms with Crippen LogP contribution < -0.4 is 10.1 Å². The molecule has 96 valence electrons. The van der Waals surface area contributed by atoms with Crippen molar-refractivity contribution in [2.45, 2.75) is 6.92 Å². The van der Waals surface area contributed by atoms with Crippen molar-refractivity contribution in [3.8, 4) is 5.75 Å². The summed E-state index contributed by atoms with van der Waals surface area (Å²) in [6.45, 7) is 1.25. The van der Waals surface area contributed by atoms with E-state index in [0.29, 0.717) is 10.8 Å². The maximum atomic E-state index is 11.4. The molecular weight excluding hydrogens is 258 g/mol. The van der Waals surface area contributed by atoms with E-state index in [1.807, 2.05) is 0 Å². The van der Waals surface area contributed by atoms with Gasteiger partial charge in [-0.25, -0.2) is 4.79 Å². The predicted octanol–water partition coefficient (Wildman–Crippen LogP) is 1.82. The smallest absolute Gasteiger partial charge is 0.352 e. The molecule has 1 rings (SSSR count). The van der Waals surface area contributed by atoms with E-state index < -0.39 is 11.9 Å². The Balaban J connectivity index is 2.46. The topological polar surface area (TPSA) is 75.6 Å². The van der Waals surface area contributed by atoms with Crippen LogP contribution >= 0.6 is 11.6 Å². The molecule has 0 spiro atoms. The first-order chi connectivity index (χ1) is 8.52. The molecule has 18 heavy (non-hydrogen) atoms. The van der Waals surface area contributed by atoms with E-state index in [1.165, 1.54) is 13.0 Å². The van der Waals surface area contributed by atoms with Gasteiger partial charge in [-0.15, -0.1) is 0 Å². The van der Waals surface area contributed by atoms with E-state index in [9.17, 15) is 9.59 Å². The fourth-order valence-electron chi connectivity index (χ4n) is 1.12. The zero-order valence-corrected chi connectivity index (χ0v) is 10.4. The standard InChI is InChI=1S/C12H12ClNO4/c1-2-10(12(16)17)14-11(15)7-18-9-5-3-8(13)4-6-9/h2-6H,7H2,1H3,(H,14,15)(H,16,17)/b10-2+. The average Bonchev–Trinajstić information content (AvgIpc) is 2.35. The number of rotatable bonds is 5. The van der Waals surface area contributed by atoms with Gasteiger partial charge in [-0.2, -0.15) is 0 Å². The second-order valence-electron chi connectivity index (χ2n) is 3.30. The van der Waals surface area contributed by atoms with Crippen molar-refractivity contribution in [3.63, 3.8) is 0 Å². The van der Waals surface area contributed by atoms with Crippen molar-refractivity contribution in [1.82, 2.24) is 5.32 Å². The molecule has 2 N–H and O–H groups in total. The highest BCUT2D eigenvalue weighted by Crippen LogP contribution is 2.15. The lowest BCUT2D eigenvalue weighted by molar-refractivity contribution is -0.135. The van der Waals surface area contributed by atoms with Crippen LogP contribution in [0, 0.1) is 0 Å². The summed E-state index contributed by atoms with van der Waals surface area (Å²) in [7, 11) is 0. The monoisotopic (exact) mass is 269 g/mol. The van der Waals surface area contributed by atoms with Gasteiger partial charge in [0, 0.05) is 5.02 Å². The fraction of sp³-hybridized carbons (Fsp3) is 0.167. The molecule has 5 nitrogen and oxygen atoms in total. The summed E-state index contributed by atoms with van der Waals surface area (Å²) >= 11 is 5.69.